The fourth-order valence-electron chi connectivity index (χ4n) is 3.04. The summed E-state index contributed by atoms with van der Waals surface area (Å²) in [6, 6.07) is 0. The van der Waals surface area contributed by atoms with E-state index in [1.807, 2.05) is 0 Å². The van der Waals surface area contributed by atoms with Gasteiger partial charge in [0.15, 0.2) is 0 Å². The molecule has 0 unspecified atom stereocenters. The number of aromatic amines is 1. The third-order valence-electron chi connectivity index (χ3n) is 4.38. The molecule has 0 aromatic carbocycles. The second-order valence-electron chi connectivity index (χ2n) is 5.65. The molecule has 108 valence electrons. The minimum absolute atomic E-state index is 0.151. The van der Waals surface area contributed by atoms with E-state index < -0.39 is 10.0 Å². The zero-order valence-corrected chi connectivity index (χ0v) is 12.7. The third-order valence-corrected chi connectivity index (χ3v) is 6.04. The first kappa shape index (κ1) is 14.5. The van der Waals surface area contributed by atoms with E-state index in [4.69, 9.17) is 0 Å². The molecule has 0 radical (unpaired) electrons. The average molecular weight is 285 g/mol. The Kier molecular flexibility index (Phi) is 4.01. The molecule has 1 aromatic rings. The lowest BCUT2D eigenvalue weighted by Gasteiger charge is -2.27. The van der Waals surface area contributed by atoms with Crippen LogP contribution in [0.25, 0.3) is 0 Å². The highest BCUT2D eigenvalue weighted by molar-refractivity contribution is 7.89. The average Bonchev–Trinajstić information content (AvgIpc) is 2.95. The number of aryl methyl sites for hydroxylation is 2. The molecule has 0 bridgehead atoms. The van der Waals surface area contributed by atoms with Gasteiger partial charge in [0.1, 0.15) is 4.90 Å². The first-order valence-corrected chi connectivity index (χ1v) is 8.40. The van der Waals surface area contributed by atoms with Crippen LogP contribution < -0.4 is 4.72 Å². The molecule has 0 aliphatic heterocycles. The van der Waals surface area contributed by atoms with E-state index in [-0.39, 0.29) is 5.41 Å². The van der Waals surface area contributed by atoms with Crippen molar-refractivity contribution in [1.29, 1.82) is 0 Å². The van der Waals surface area contributed by atoms with Crippen molar-refractivity contribution in [2.45, 2.75) is 57.8 Å². The van der Waals surface area contributed by atoms with Crippen LogP contribution in [0.4, 0.5) is 0 Å². The summed E-state index contributed by atoms with van der Waals surface area (Å²) in [5, 5.41) is 6.68. The Hall–Kier alpha value is -0.880. The molecule has 5 nitrogen and oxygen atoms in total. The van der Waals surface area contributed by atoms with Gasteiger partial charge in [-0.1, -0.05) is 19.8 Å². The maximum atomic E-state index is 12.4. The van der Waals surface area contributed by atoms with Gasteiger partial charge >= 0.3 is 0 Å². The molecule has 2 rings (SSSR count). The highest BCUT2D eigenvalue weighted by atomic mass is 32.2. The zero-order valence-electron chi connectivity index (χ0n) is 11.9. The van der Waals surface area contributed by atoms with Crippen LogP contribution in [0.1, 0.15) is 50.4 Å². The van der Waals surface area contributed by atoms with Gasteiger partial charge < -0.3 is 0 Å². The Morgan fingerprint density at radius 2 is 1.95 bits per heavy atom. The van der Waals surface area contributed by atoms with Gasteiger partial charge in [0, 0.05) is 6.54 Å². The predicted molar refractivity (Wildman–Crippen MR) is 74.4 cm³/mol. The van der Waals surface area contributed by atoms with Crippen molar-refractivity contribution in [3.63, 3.8) is 0 Å². The van der Waals surface area contributed by atoms with E-state index >= 15 is 0 Å². The molecule has 1 aromatic heterocycles. The van der Waals surface area contributed by atoms with Gasteiger partial charge in [0.2, 0.25) is 10.0 Å². The molecule has 0 amide bonds. The number of hydrogen-bond donors (Lipinski definition) is 2. The van der Waals surface area contributed by atoms with Gasteiger partial charge in [-0.3, -0.25) is 5.10 Å². The number of aromatic nitrogens is 2. The van der Waals surface area contributed by atoms with Gasteiger partial charge in [-0.05, 0) is 38.5 Å². The van der Waals surface area contributed by atoms with Gasteiger partial charge in [-0.25, -0.2) is 13.1 Å². The number of H-pyrrole nitrogens is 1. The molecule has 1 aliphatic rings. The summed E-state index contributed by atoms with van der Waals surface area (Å²) in [6.45, 7) is 6.13. The van der Waals surface area contributed by atoms with Crippen LogP contribution in [0.15, 0.2) is 4.90 Å². The smallest absolute Gasteiger partial charge is 0.244 e. The molecule has 0 spiro atoms. The number of nitrogens with one attached hydrogen (secondary N) is 2. The summed E-state index contributed by atoms with van der Waals surface area (Å²) in [4.78, 5) is 0.303. The lowest BCUT2D eigenvalue weighted by Crippen LogP contribution is -2.36. The van der Waals surface area contributed by atoms with Crippen molar-refractivity contribution in [2.24, 2.45) is 5.41 Å². The van der Waals surface area contributed by atoms with E-state index in [0.717, 1.165) is 19.3 Å². The third kappa shape index (κ3) is 2.84. The molecular weight excluding hydrogens is 262 g/mol. The fourth-order valence-corrected chi connectivity index (χ4v) is 4.56. The van der Waals surface area contributed by atoms with Crippen LogP contribution in [-0.2, 0) is 10.0 Å². The zero-order chi connectivity index (χ0) is 14.1. The monoisotopic (exact) mass is 285 g/mol. The van der Waals surface area contributed by atoms with Gasteiger partial charge in [0.05, 0.1) is 11.4 Å². The number of nitrogens with zero attached hydrogens (tertiary/aromatic N) is 1. The highest BCUT2D eigenvalue weighted by Crippen LogP contribution is 2.40. The standard InChI is InChI=1S/C13H23N3O2S/c1-4-13(7-5-6-8-13)9-14-19(17,18)12-10(2)15-16-11(12)3/h14H,4-9H2,1-3H3,(H,15,16). The van der Waals surface area contributed by atoms with Crippen LogP contribution in [0, 0.1) is 19.3 Å². The van der Waals surface area contributed by atoms with Crippen LogP contribution >= 0.6 is 0 Å². The Morgan fingerprint density at radius 1 is 1.32 bits per heavy atom. The van der Waals surface area contributed by atoms with Crippen LogP contribution in [0.2, 0.25) is 0 Å². The van der Waals surface area contributed by atoms with Crippen molar-refractivity contribution < 1.29 is 8.42 Å². The Labute approximate surface area is 115 Å². The number of rotatable bonds is 5. The van der Waals surface area contributed by atoms with Crippen LogP contribution in [-0.4, -0.2) is 25.2 Å². The van der Waals surface area contributed by atoms with Crippen LogP contribution in [0.5, 0.6) is 0 Å². The Balaban J connectivity index is 2.14. The van der Waals surface area contributed by atoms with E-state index in [1.165, 1.54) is 12.8 Å². The maximum Gasteiger partial charge on any atom is 0.244 e. The minimum atomic E-state index is -3.46. The maximum absolute atomic E-state index is 12.4. The Morgan fingerprint density at radius 3 is 2.42 bits per heavy atom. The summed E-state index contributed by atoms with van der Waals surface area (Å²) >= 11 is 0. The van der Waals surface area contributed by atoms with Crippen molar-refractivity contribution in [3.05, 3.63) is 11.4 Å². The summed E-state index contributed by atoms with van der Waals surface area (Å²) in [5.41, 5.74) is 1.28. The molecule has 2 N–H and O–H groups in total. The first-order valence-electron chi connectivity index (χ1n) is 6.91. The number of hydrogen-bond acceptors (Lipinski definition) is 3. The van der Waals surface area contributed by atoms with E-state index in [0.29, 0.717) is 22.8 Å². The first-order chi connectivity index (χ1) is 8.90. The van der Waals surface area contributed by atoms with Crippen molar-refractivity contribution >= 4 is 10.0 Å². The normalized spacial score (nSPS) is 18.9. The van der Waals surface area contributed by atoms with E-state index in [9.17, 15) is 8.42 Å². The summed E-state index contributed by atoms with van der Waals surface area (Å²) < 4.78 is 27.5. The molecular formula is C13H23N3O2S. The molecule has 0 saturated heterocycles. The minimum Gasteiger partial charge on any atom is -0.281 e. The number of sulfonamides is 1. The SMILES string of the molecule is CCC1(CNS(=O)(=O)c2c(C)n[nH]c2C)CCCC1. The molecule has 1 fully saturated rings. The fraction of sp³-hybridized carbons (Fsp3) is 0.769. The quantitative estimate of drug-likeness (QED) is 0.871. The van der Waals surface area contributed by atoms with Gasteiger partial charge in [-0.2, -0.15) is 5.10 Å². The molecule has 1 aliphatic carbocycles. The topological polar surface area (TPSA) is 74.8 Å². The largest absolute Gasteiger partial charge is 0.281 e. The summed E-state index contributed by atoms with van der Waals surface area (Å²) in [6.07, 6.45) is 5.68. The molecule has 6 heteroatoms. The highest BCUT2D eigenvalue weighted by Gasteiger charge is 2.34. The molecule has 19 heavy (non-hydrogen) atoms. The molecule has 0 atom stereocenters. The van der Waals surface area contributed by atoms with Crippen molar-refractivity contribution in [2.75, 3.05) is 6.54 Å². The van der Waals surface area contributed by atoms with E-state index in [2.05, 4.69) is 21.8 Å². The predicted octanol–water partition coefficient (Wildman–Crippen LogP) is 2.28. The summed E-state index contributed by atoms with van der Waals surface area (Å²) in [7, 11) is -3.46. The lowest BCUT2D eigenvalue weighted by molar-refractivity contribution is 0.285. The van der Waals surface area contributed by atoms with Gasteiger partial charge in [-0.15, -0.1) is 0 Å². The second kappa shape index (κ2) is 5.25. The van der Waals surface area contributed by atoms with E-state index in [1.54, 1.807) is 13.8 Å². The Bertz CT molecular complexity index is 523. The molecule has 1 saturated carbocycles. The molecule has 1 heterocycles. The van der Waals surface area contributed by atoms with Crippen molar-refractivity contribution in [3.8, 4) is 0 Å². The van der Waals surface area contributed by atoms with Crippen LogP contribution in [0.3, 0.4) is 0 Å². The van der Waals surface area contributed by atoms with Crippen molar-refractivity contribution in [1.82, 2.24) is 14.9 Å². The second-order valence-corrected chi connectivity index (χ2v) is 7.35. The lowest BCUT2D eigenvalue weighted by atomic mass is 9.84. The summed E-state index contributed by atoms with van der Waals surface area (Å²) in [5.74, 6) is 0. The van der Waals surface area contributed by atoms with Gasteiger partial charge in [0.25, 0.3) is 0 Å².